The number of nitrogens with zero attached hydrogens (tertiary/aromatic N) is 1. The van der Waals surface area contributed by atoms with Crippen LogP contribution in [0.4, 0.5) is 0 Å². The summed E-state index contributed by atoms with van der Waals surface area (Å²) < 4.78 is 26.7. The molecule has 0 fully saturated rings. The van der Waals surface area contributed by atoms with Gasteiger partial charge in [-0.15, -0.1) is 0 Å². The van der Waals surface area contributed by atoms with Gasteiger partial charge in [0, 0.05) is 13.6 Å². The van der Waals surface area contributed by atoms with Gasteiger partial charge in [-0.05, 0) is 12.5 Å². The van der Waals surface area contributed by atoms with E-state index in [0.717, 1.165) is 9.87 Å². The largest absolute Gasteiger partial charge is 0.480 e. The number of rotatable bonds is 6. The standard InChI is InChI=1S/C11H16N2O4S/c1-9(11(14)15)13(2)18(16,17)12-8-10-6-4-3-5-7-10/h3-7,9,12H,8H2,1-2H3,(H,14,15). The molecule has 0 spiro atoms. The van der Waals surface area contributed by atoms with Gasteiger partial charge in [-0.25, -0.2) is 0 Å². The smallest absolute Gasteiger partial charge is 0.321 e. The van der Waals surface area contributed by atoms with Gasteiger partial charge in [0.1, 0.15) is 6.04 Å². The van der Waals surface area contributed by atoms with Crippen molar-refractivity contribution in [2.45, 2.75) is 19.5 Å². The summed E-state index contributed by atoms with van der Waals surface area (Å²) in [5.41, 5.74) is 0.803. The maximum absolute atomic E-state index is 11.8. The summed E-state index contributed by atoms with van der Waals surface area (Å²) in [4.78, 5) is 10.7. The van der Waals surface area contributed by atoms with Gasteiger partial charge in [-0.1, -0.05) is 30.3 Å². The molecule has 6 nitrogen and oxygen atoms in total. The Labute approximate surface area is 106 Å². The number of aliphatic carboxylic acids is 1. The minimum absolute atomic E-state index is 0.125. The van der Waals surface area contributed by atoms with Crippen molar-refractivity contribution in [1.29, 1.82) is 0 Å². The second-order valence-electron chi connectivity index (χ2n) is 3.84. The molecule has 7 heteroatoms. The van der Waals surface area contributed by atoms with E-state index in [1.54, 1.807) is 24.3 Å². The van der Waals surface area contributed by atoms with E-state index in [1.165, 1.54) is 14.0 Å². The average molecular weight is 272 g/mol. The summed E-state index contributed by atoms with van der Waals surface area (Å²) in [6.45, 7) is 1.43. The van der Waals surface area contributed by atoms with Gasteiger partial charge >= 0.3 is 5.97 Å². The van der Waals surface area contributed by atoms with E-state index in [0.29, 0.717) is 0 Å². The van der Waals surface area contributed by atoms with Gasteiger partial charge in [0.05, 0.1) is 0 Å². The van der Waals surface area contributed by atoms with Crippen LogP contribution in [0.15, 0.2) is 30.3 Å². The fourth-order valence-electron chi connectivity index (χ4n) is 1.24. The molecule has 0 aliphatic heterocycles. The highest BCUT2D eigenvalue weighted by atomic mass is 32.2. The van der Waals surface area contributed by atoms with Gasteiger partial charge in [-0.2, -0.15) is 17.4 Å². The van der Waals surface area contributed by atoms with E-state index in [-0.39, 0.29) is 6.54 Å². The molecule has 1 rings (SSSR count). The molecule has 18 heavy (non-hydrogen) atoms. The highest BCUT2D eigenvalue weighted by Crippen LogP contribution is 2.04. The molecule has 0 radical (unpaired) electrons. The van der Waals surface area contributed by atoms with Crippen molar-refractivity contribution in [1.82, 2.24) is 9.03 Å². The first-order valence-electron chi connectivity index (χ1n) is 5.34. The van der Waals surface area contributed by atoms with E-state index < -0.39 is 22.2 Å². The van der Waals surface area contributed by atoms with Crippen LogP contribution in [0.25, 0.3) is 0 Å². The van der Waals surface area contributed by atoms with Crippen molar-refractivity contribution < 1.29 is 18.3 Å². The molecule has 0 aliphatic carbocycles. The number of nitrogens with one attached hydrogen (secondary N) is 1. The molecule has 0 aliphatic rings. The molecule has 0 saturated carbocycles. The lowest BCUT2D eigenvalue weighted by atomic mass is 10.2. The third-order valence-electron chi connectivity index (χ3n) is 2.58. The summed E-state index contributed by atoms with van der Waals surface area (Å²) in [6.07, 6.45) is 0. The maximum Gasteiger partial charge on any atom is 0.321 e. The topological polar surface area (TPSA) is 86.7 Å². The van der Waals surface area contributed by atoms with E-state index in [9.17, 15) is 13.2 Å². The minimum atomic E-state index is -3.80. The van der Waals surface area contributed by atoms with Gasteiger partial charge in [0.2, 0.25) is 0 Å². The third kappa shape index (κ3) is 3.80. The molecule has 1 aromatic rings. The van der Waals surface area contributed by atoms with Crippen LogP contribution in [0.5, 0.6) is 0 Å². The van der Waals surface area contributed by atoms with Crippen LogP contribution >= 0.6 is 0 Å². The Kier molecular flexibility index (Phi) is 4.83. The lowest BCUT2D eigenvalue weighted by Crippen LogP contribution is -2.45. The Bertz CT molecular complexity index is 501. The first kappa shape index (κ1) is 14.6. The van der Waals surface area contributed by atoms with Gasteiger partial charge in [0.25, 0.3) is 10.2 Å². The molecule has 100 valence electrons. The quantitative estimate of drug-likeness (QED) is 0.786. The second-order valence-corrected chi connectivity index (χ2v) is 5.66. The van der Waals surface area contributed by atoms with E-state index in [2.05, 4.69) is 4.72 Å². The zero-order chi connectivity index (χ0) is 13.8. The van der Waals surface area contributed by atoms with E-state index in [4.69, 9.17) is 5.11 Å². The van der Waals surface area contributed by atoms with Crippen molar-refractivity contribution in [3.63, 3.8) is 0 Å². The lowest BCUT2D eigenvalue weighted by Gasteiger charge is -2.21. The number of benzene rings is 1. The predicted octanol–water partition coefficient (Wildman–Crippen LogP) is 0.426. The van der Waals surface area contributed by atoms with Crippen LogP contribution in [0.1, 0.15) is 12.5 Å². The average Bonchev–Trinajstić information content (AvgIpc) is 2.35. The van der Waals surface area contributed by atoms with Crippen LogP contribution in [-0.4, -0.2) is 36.9 Å². The van der Waals surface area contributed by atoms with Crippen molar-refractivity contribution >= 4 is 16.2 Å². The maximum atomic E-state index is 11.8. The van der Waals surface area contributed by atoms with Crippen LogP contribution in [-0.2, 0) is 21.5 Å². The summed E-state index contributed by atoms with van der Waals surface area (Å²) in [5.74, 6) is -1.19. The van der Waals surface area contributed by atoms with Gasteiger partial charge in [-0.3, -0.25) is 4.79 Å². The molecule has 0 saturated heterocycles. The Hall–Kier alpha value is -1.44. The molecule has 0 aromatic heterocycles. The predicted molar refractivity (Wildman–Crippen MR) is 67.1 cm³/mol. The summed E-state index contributed by atoms with van der Waals surface area (Å²) in [5, 5.41) is 8.77. The van der Waals surface area contributed by atoms with E-state index >= 15 is 0 Å². The minimum Gasteiger partial charge on any atom is -0.480 e. The first-order valence-corrected chi connectivity index (χ1v) is 6.78. The first-order chi connectivity index (χ1) is 8.34. The molecule has 2 N–H and O–H groups in total. The van der Waals surface area contributed by atoms with Crippen molar-refractivity contribution in [3.8, 4) is 0 Å². The number of carboxylic acid groups (broad SMARTS) is 1. The number of likely N-dealkylation sites (N-methyl/N-ethyl adjacent to an activating group) is 1. The Balaban J connectivity index is 2.68. The van der Waals surface area contributed by atoms with Crippen molar-refractivity contribution in [2.24, 2.45) is 0 Å². The number of hydrogen-bond donors (Lipinski definition) is 2. The SMILES string of the molecule is CC(C(=O)O)N(C)S(=O)(=O)NCc1ccccc1. The number of carboxylic acids is 1. The molecule has 1 atom stereocenters. The highest BCUT2D eigenvalue weighted by Gasteiger charge is 2.27. The second kappa shape index (κ2) is 5.94. The molecular formula is C11H16N2O4S. The molecule has 1 unspecified atom stereocenters. The fraction of sp³-hybridized carbons (Fsp3) is 0.364. The van der Waals surface area contributed by atoms with Crippen LogP contribution < -0.4 is 4.72 Å². The van der Waals surface area contributed by atoms with Gasteiger partial charge in [0.15, 0.2) is 0 Å². The zero-order valence-electron chi connectivity index (χ0n) is 10.2. The lowest BCUT2D eigenvalue weighted by molar-refractivity contribution is -0.140. The summed E-state index contributed by atoms with van der Waals surface area (Å²) >= 11 is 0. The third-order valence-corrected chi connectivity index (χ3v) is 4.17. The van der Waals surface area contributed by atoms with E-state index in [1.807, 2.05) is 6.07 Å². The molecular weight excluding hydrogens is 256 g/mol. The van der Waals surface area contributed by atoms with Crippen molar-refractivity contribution in [2.75, 3.05) is 7.05 Å². The fourth-order valence-corrected chi connectivity index (χ4v) is 2.30. The summed E-state index contributed by atoms with van der Waals surface area (Å²) in [7, 11) is -2.57. The van der Waals surface area contributed by atoms with Crippen LogP contribution in [0.3, 0.4) is 0 Å². The molecule has 0 amide bonds. The molecule has 0 bridgehead atoms. The summed E-state index contributed by atoms with van der Waals surface area (Å²) in [6, 6.07) is 7.88. The van der Waals surface area contributed by atoms with Gasteiger partial charge < -0.3 is 5.11 Å². The van der Waals surface area contributed by atoms with Crippen LogP contribution in [0, 0.1) is 0 Å². The number of carbonyl (C=O) groups is 1. The molecule has 1 aromatic carbocycles. The number of hydrogen-bond acceptors (Lipinski definition) is 3. The zero-order valence-corrected chi connectivity index (χ0v) is 11.0. The Morgan fingerprint density at radius 3 is 2.44 bits per heavy atom. The van der Waals surface area contributed by atoms with Crippen molar-refractivity contribution in [3.05, 3.63) is 35.9 Å². The highest BCUT2D eigenvalue weighted by molar-refractivity contribution is 7.87. The Morgan fingerprint density at radius 1 is 1.39 bits per heavy atom. The monoisotopic (exact) mass is 272 g/mol. The normalized spacial score (nSPS) is 13.5. The Morgan fingerprint density at radius 2 is 1.94 bits per heavy atom. The molecule has 0 heterocycles. The van der Waals surface area contributed by atoms with Crippen LogP contribution in [0.2, 0.25) is 0 Å².